The Morgan fingerprint density at radius 1 is 1.53 bits per heavy atom. The zero-order chi connectivity index (χ0) is 13.9. The van der Waals surface area contributed by atoms with E-state index in [0.717, 1.165) is 5.56 Å². The van der Waals surface area contributed by atoms with E-state index in [1.165, 1.54) is 0 Å². The van der Waals surface area contributed by atoms with Gasteiger partial charge in [-0.15, -0.1) is 0 Å². The normalized spacial score (nSPS) is 22.3. The molecule has 104 valence electrons. The van der Waals surface area contributed by atoms with Crippen molar-refractivity contribution in [2.75, 3.05) is 19.7 Å². The number of rotatable bonds is 3. The number of aliphatic hydroxyl groups excluding tert-OH is 1. The third-order valence-corrected chi connectivity index (χ3v) is 3.14. The first-order valence-corrected chi connectivity index (χ1v) is 6.45. The molecule has 5 nitrogen and oxygen atoms in total. The summed E-state index contributed by atoms with van der Waals surface area (Å²) < 4.78 is 5.70. The molecule has 5 heteroatoms. The molecule has 1 saturated heterocycles. The molecule has 1 aliphatic heterocycles. The van der Waals surface area contributed by atoms with Crippen molar-refractivity contribution in [1.29, 1.82) is 0 Å². The number of carbonyl (C=O) groups excluding carboxylic acids is 1. The Balaban J connectivity index is 2.02. The van der Waals surface area contributed by atoms with Crippen LogP contribution in [-0.2, 0) is 16.0 Å². The van der Waals surface area contributed by atoms with Gasteiger partial charge in [-0.3, -0.25) is 9.78 Å². The molecule has 1 fully saturated rings. The molecule has 1 atom stereocenters. The standard InChI is InChI=1S/C14H20N2O3/c1-14(2)10-16(8-12(9-17)19-14)13(18)7-11-3-5-15-6-4-11/h3-6,12,17H,7-10H2,1-2H3. The SMILES string of the molecule is CC1(C)CN(C(=O)Cc2ccncc2)CC(CO)O1. The van der Waals surface area contributed by atoms with Gasteiger partial charge in [-0.05, 0) is 31.5 Å². The van der Waals surface area contributed by atoms with Crippen LogP contribution in [0.1, 0.15) is 19.4 Å². The molecule has 19 heavy (non-hydrogen) atoms. The molecule has 0 saturated carbocycles. The van der Waals surface area contributed by atoms with E-state index < -0.39 is 5.60 Å². The fraction of sp³-hybridized carbons (Fsp3) is 0.571. The molecule has 1 aromatic rings. The lowest BCUT2D eigenvalue weighted by Crippen LogP contribution is -2.55. The van der Waals surface area contributed by atoms with Crippen LogP contribution in [0.4, 0.5) is 0 Å². The summed E-state index contributed by atoms with van der Waals surface area (Å²) in [5.74, 6) is 0.0565. The first kappa shape index (κ1) is 14.0. The molecule has 1 N–H and O–H groups in total. The Bertz CT molecular complexity index is 434. The summed E-state index contributed by atoms with van der Waals surface area (Å²) in [5, 5.41) is 9.24. The molecule has 1 aliphatic rings. The van der Waals surface area contributed by atoms with Gasteiger partial charge in [0.2, 0.25) is 5.91 Å². The number of ether oxygens (including phenoxy) is 1. The lowest BCUT2D eigenvalue weighted by molar-refractivity contribution is -0.166. The van der Waals surface area contributed by atoms with Gasteiger partial charge in [-0.2, -0.15) is 0 Å². The minimum absolute atomic E-state index is 0.0565. The van der Waals surface area contributed by atoms with E-state index in [-0.39, 0.29) is 18.6 Å². The van der Waals surface area contributed by atoms with E-state index >= 15 is 0 Å². The Morgan fingerprint density at radius 2 is 2.21 bits per heavy atom. The van der Waals surface area contributed by atoms with Crippen molar-refractivity contribution in [2.24, 2.45) is 0 Å². The fourth-order valence-electron chi connectivity index (χ4n) is 2.37. The summed E-state index contributed by atoms with van der Waals surface area (Å²) in [5.41, 5.74) is 0.532. The molecule has 0 aliphatic carbocycles. The van der Waals surface area contributed by atoms with Gasteiger partial charge < -0.3 is 14.7 Å². The van der Waals surface area contributed by atoms with Crippen molar-refractivity contribution in [3.63, 3.8) is 0 Å². The lowest BCUT2D eigenvalue weighted by Gasteiger charge is -2.42. The maximum absolute atomic E-state index is 12.3. The number of hydrogen-bond donors (Lipinski definition) is 1. The van der Waals surface area contributed by atoms with E-state index in [4.69, 9.17) is 4.74 Å². The van der Waals surface area contributed by atoms with Gasteiger partial charge in [0.05, 0.1) is 24.7 Å². The van der Waals surface area contributed by atoms with Gasteiger partial charge in [0.15, 0.2) is 0 Å². The maximum atomic E-state index is 12.3. The maximum Gasteiger partial charge on any atom is 0.227 e. The molecular weight excluding hydrogens is 244 g/mol. The Labute approximate surface area is 113 Å². The van der Waals surface area contributed by atoms with Gasteiger partial charge in [0.25, 0.3) is 0 Å². The van der Waals surface area contributed by atoms with Crippen LogP contribution in [0.15, 0.2) is 24.5 Å². The Kier molecular flexibility index (Phi) is 4.17. The summed E-state index contributed by atoms with van der Waals surface area (Å²) >= 11 is 0. The highest BCUT2D eigenvalue weighted by Crippen LogP contribution is 2.21. The van der Waals surface area contributed by atoms with Crippen LogP contribution in [-0.4, -0.2) is 52.3 Å². The van der Waals surface area contributed by atoms with Crippen LogP contribution < -0.4 is 0 Å². The number of amides is 1. The third-order valence-electron chi connectivity index (χ3n) is 3.14. The molecule has 0 radical (unpaired) electrons. The number of aliphatic hydroxyl groups is 1. The molecule has 1 unspecified atom stereocenters. The van der Waals surface area contributed by atoms with Gasteiger partial charge in [0.1, 0.15) is 0 Å². The Morgan fingerprint density at radius 3 is 2.84 bits per heavy atom. The van der Waals surface area contributed by atoms with Crippen LogP contribution in [0.3, 0.4) is 0 Å². The smallest absolute Gasteiger partial charge is 0.227 e. The number of hydrogen-bond acceptors (Lipinski definition) is 4. The number of carbonyl (C=O) groups is 1. The molecule has 0 aromatic carbocycles. The number of aromatic nitrogens is 1. The number of pyridine rings is 1. The fourth-order valence-corrected chi connectivity index (χ4v) is 2.37. The summed E-state index contributed by atoms with van der Waals surface area (Å²) in [7, 11) is 0. The van der Waals surface area contributed by atoms with E-state index in [1.807, 2.05) is 26.0 Å². The summed E-state index contributed by atoms with van der Waals surface area (Å²) in [6.45, 7) is 4.79. The van der Waals surface area contributed by atoms with Crippen molar-refractivity contribution >= 4 is 5.91 Å². The highest BCUT2D eigenvalue weighted by Gasteiger charge is 2.35. The van der Waals surface area contributed by atoms with E-state index in [2.05, 4.69) is 4.98 Å². The van der Waals surface area contributed by atoms with Crippen molar-refractivity contribution in [3.8, 4) is 0 Å². The predicted octanol–water partition coefficient (Wildman–Crippen LogP) is 0.622. The van der Waals surface area contributed by atoms with Crippen molar-refractivity contribution in [1.82, 2.24) is 9.88 Å². The van der Waals surface area contributed by atoms with Crippen LogP contribution in [0.5, 0.6) is 0 Å². The van der Waals surface area contributed by atoms with E-state index in [1.54, 1.807) is 17.3 Å². The number of morpholine rings is 1. The second kappa shape index (κ2) is 5.67. The molecule has 1 aromatic heterocycles. The van der Waals surface area contributed by atoms with Crippen LogP contribution >= 0.6 is 0 Å². The second-order valence-electron chi connectivity index (χ2n) is 5.49. The molecule has 2 rings (SSSR count). The largest absolute Gasteiger partial charge is 0.394 e. The summed E-state index contributed by atoms with van der Waals surface area (Å²) in [6, 6.07) is 3.68. The third kappa shape index (κ3) is 3.75. The van der Waals surface area contributed by atoms with Crippen molar-refractivity contribution in [2.45, 2.75) is 32.0 Å². The lowest BCUT2D eigenvalue weighted by atomic mass is 10.0. The first-order valence-electron chi connectivity index (χ1n) is 6.45. The quantitative estimate of drug-likeness (QED) is 0.869. The van der Waals surface area contributed by atoms with Crippen LogP contribution in [0.2, 0.25) is 0 Å². The molecule has 1 amide bonds. The van der Waals surface area contributed by atoms with Crippen LogP contribution in [0.25, 0.3) is 0 Å². The topological polar surface area (TPSA) is 62.7 Å². The summed E-state index contributed by atoms with van der Waals surface area (Å²) in [6.07, 6.45) is 3.42. The number of nitrogens with zero attached hydrogens (tertiary/aromatic N) is 2. The molecule has 0 bridgehead atoms. The second-order valence-corrected chi connectivity index (χ2v) is 5.49. The highest BCUT2D eigenvalue weighted by molar-refractivity contribution is 5.79. The van der Waals surface area contributed by atoms with Crippen molar-refractivity contribution < 1.29 is 14.6 Å². The van der Waals surface area contributed by atoms with E-state index in [9.17, 15) is 9.90 Å². The van der Waals surface area contributed by atoms with Gasteiger partial charge in [-0.25, -0.2) is 0 Å². The molecule has 2 heterocycles. The average Bonchev–Trinajstić information content (AvgIpc) is 2.38. The average molecular weight is 264 g/mol. The monoisotopic (exact) mass is 264 g/mol. The van der Waals surface area contributed by atoms with E-state index in [0.29, 0.717) is 19.5 Å². The minimum atomic E-state index is -0.417. The zero-order valence-electron chi connectivity index (χ0n) is 11.4. The van der Waals surface area contributed by atoms with Crippen LogP contribution in [0, 0.1) is 0 Å². The van der Waals surface area contributed by atoms with Gasteiger partial charge in [0, 0.05) is 25.5 Å². The van der Waals surface area contributed by atoms with Crippen molar-refractivity contribution in [3.05, 3.63) is 30.1 Å². The first-order chi connectivity index (χ1) is 9.00. The minimum Gasteiger partial charge on any atom is -0.394 e. The predicted molar refractivity (Wildman–Crippen MR) is 70.6 cm³/mol. The Hall–Kier alpha value is -1.46. The van der Waals surface area contributed by atoms with Gasteiger partial charge in [-0.1, -0.05) is 0 Å². The molecular formula is C14H20N2O3. The summed E-state index contributed by atoms with van der Waals surface area (Å²) in [4.78, 5) is 18.0. The highest BCUT2D eigenvalue weighted by atomic mass is 16.5. The zero-order valence-corrected chi connectivity index (χ0v) is 11.4. The van der Waals surface area contributed by atoms with Gasteiger partial charge >= 0.3 is 0 Å². The molecule has 0 spiro atoms.